The number of halogens is 1. The summed E-state index contributed by atoms with van der Waals surface area (Å²) < 4.78 is 6.14. The number of aromatic nitrogens is 4. The number of benzene rings is 1. The van der Waals surface area contributed by atoms with Gasteiger partial charge in [-0.25, -0.2) is 0 Å². The zero-order chi connectivity index (χ0) is 15.9. The van der Waals surface area contributed by atoms with Gasteiger partial charge in [0.2, 0.25) is 0 Å². The molecule has 0 aliphatic rings. The Hall–Kier alpha value is -1.96. The number of tetrazole rings is 1. The van der Waals surface area contributed by atoms with Crippen LogP contribution in [0.5, 0.6) is 5.75 Å². The summed E-state index contributed by atoms with van der Waals surface area (Å²) in [4.78, 5) is 13.6. The summed E-state index contributed by atoms with van der Waals surface area (Å²) in [5.41, 5.74) is 0.486. The van der Waals surface area contributed by atoms with Crippen LogP contribution in [0.1, 0.15) is 37.0 Å². The van der Waals surface area contributed by atoms with Crippen molar-refractivity contribution in [1.82, 2.24) is 20.2 Å². The average molecular weight is 368 g/mol. The van der Waals surface area contributed by atoms with Gasteiger partial charge in [0.25, 0.3) is 11.9 Å². The molecule has 0 aliphatic carbocycles. The molecule has 22 heavy (non-hydrogen) atoms. The fraction of sp³-hybridized carbons (Fsp3) is 0.429. The highest BCUT2D eigenvalue weighted by atomic mass is 79.9. The van der Waals surface area contributed by atoms with Crippen LogP contribution in [0.15, 0.2) is 22.7 Å². The Kier molecular flexibility index (Phi) is 5.88. The van der Waals surface area contributed by atoms with Crippen molar-refractivity contribution in [2.24, 2.45) is 0 Å². The zero-order valence-electron chi connectivity index (χ0n) is 12.5. The average Bonchev–Trinajstić information content (AvgIpc) is 2.94. The SMILES string of the molecule is CCCCn1nnc(NC(=O)c2ccc(OCC)c(Br)c2)n1. The summed E-state index contributed by atoms with van der Waals surface area (Å²) in [7, 11) is 0. The largest absolute Gasteiger partial charge is 0.493 e. The lowest BCUT2D eigenvalue weighted by molar-refractivity contribution is 0.102. The van der Waals surface area contributed by atoms with E-state index in [9.17, 15) is 4.79 Å². The van der Waals surface area contributed by atoms with Crippen LogP contribution in [0.3, 0.4) is 0 Å². The number of hydrogen-bond donors (Lipinski definition) is 1. The number of nitrogens with zero attached hydrogens (tertiary/aromatic N) is 4. The molecular formula is C14H18BrN5O2. The number of rotatable bonds is 7. The summed E-state index contributed by atoms with van der Waals surface area (Å²) in [5, 5.41) is 14.4. The Labute approximate surface area is 137 Å². The van der Waals surface area contributed by atoms with Crippen molar-refractivity contribution in [3.05, 3.63) is 28.2 Å². The van der Waals surface area contributed by atoms with Crippen LogP contribution in [0.25, 0.3) is 0 Å². The number of amides is 1. The van der Waals surface area contributed by atoms with E-state index in [4.69, 9.17) is 4.74 Å². The number of unbranched alkanes of at least 4 members (excludes halogenated alkanes) is 1. The molecule has 1 aromatic heterocycles. The highest BCUT2D eigenvalue weighted by Gasteiger charge is 2.12. The third kappa shape index (κ3) is 4.27. The summed E-state index contributed by atoms with van der Waals surface area (Å²) in [6, 6.07) is 5.13. The van der Waals surface area contributed by atoms with Gasteiger partial charge in [-0.3, -0.25) is 10.1 Å². The molecule has 0 unspecified atom stereocenters. The number of carbonyl (C=O) groups excluding carboxylic acids is 1. The molecule has 0 atom stereocenters. The lowest BCUT2D eigenvalue weighted by Crippen LogP contribution is -2.13. The van der Waals surface area contributed by atoms with Crippen LogP contribution >= 0.6 is 15.9 Å². The van der Waals surface area contributed by atoms with E-state index in [1.54, 1.807) is 18.2 Å². The first-order chi connectivity index (χ1) is 10.6. The molecule has 0 fully saturated rings. The molecule has 0 bridgehead atoms. The van der Waals surface area contributed by atoms with Gasteiger partial charge in [0.15, 0.2) is 0 Å². The maximum atomic E-state index is 12.2. The molecule has 2 rings (SSSR count). The van der Waals surface area contributed by atoms with Gasteiger partial charge in [-0.15, -0.1) is 5.10 Å². The summed E-state index contributed by atoms with van der Waals surface area (Å²) in [5.74, 6) is 0.604. The van der Waals surface area contributed by atoms with Crippen LogP contribution < -0.4 is 10.1 Å². The number of carbonyl (C=O) groups is 1. The minimum absolute atomic E-state index is 0.200. The molecule has 0 radical (unpaired) electrons. The first kappa shape index (κ1) is 16.4. The van der Waals surface area contributed by atoms with Gasteiger partial charge < -0.3 is 4.74 Å². The lowest BCUT2D eigenvalue weighted by Gasteiger charge is -2.07. The second-order valence-corrected chi connectivity index (χ2v) is 5.45. The Morgan fingerprint density at radius 2 is 2.23 bits per heavy atom. The standard InChI is InChI=1S/C14H18BrN5O2/c1-3-5-8-20-18-14(17-19-20)16-13(21)10-6-7-12(22-4-2)11(15)9-10/h6-7,9H,3-5,8H2,1-2H3,(H,16,18,21). The van der Waals surface area contributed by atoms with Crippen molar-refractivity contribution < 1.29 is 9.53 Å². The Morgan fingerprint density at radius 1 is 1.41 bits per heavy atom. The third-order valence-electron chi connectivity index (χ3n) is 2.88. The number of hydrogen-bond acceptors (Lipinski definition) is 5. The number of anilines is 1. The molecule has 0 aliphatic heterocycles. The quantitative estimate of drug-likeness (QED) is 0.813. The Morgan fingerprint density at radius 3 is 2.91 bits per heavy atom. The van der Waals surface area contributed by atoms with E-state index in [-0.39, 0.29) is 11.9 Å². The van der Waals surface area contributed by atoms with Gasteiger partial charge in [-0.1, -0.05) is 18.4 Å². The molecule has 1 aromatic carbocycles. The normalized spacial score (nSPS) is 10.5. The fourth-order valence-electron chi connectivity index (χ4n) is 1.78. The van der Waals surface area contributed by atoms with Crippen molar-refractivity contribution in [2.45, 2.75) is 33.2 Å². The highest BCUT2D eigenvalue weighted by molar-refractivity contribution is 9.10. The maximum absolute atomic E-state index is 12.2. The van der Waals surface area contributed by atoms with Crippen molar-refractivity contribution in [1.29, 1.82) is 0 Å². The molecule has 8 heteroatoms. The van der Waals surface area contributed by atoms with Gasteiger partial charge in [0.1, 0.15) is 5.75 Å². The molecule has 2 aromatic rings. The van der Waals surface area contributed by atoms with E-state index in [2.05, 4.69) is 43.6 Å². The van der Waals surface area contributed by atoms with E-state index >= 15 is 0 Å². The van der Waals surface area contributed by atoms with Gasteiger partial charge in [0.05, 0.1) is 17.6 Å². The number of aryl methyl sites for hydroxylation is 1. The minimum atomic E-state index is -0.293. The van der Waals surface area contributed by atoms with Crippen LogP contribution in [0.4, 0.5) is 5.95 Å². The maximum Gasteiger partial charge on any atom is 0.270 e. The van der Waals surface area contributed by atoms with Gasteiger partial charge in [0, 0.05) is 5.56 Å². The molecule has 0 saturated carbocycles. The first-order valence-corrected chi connectivity index (χ1v) is 7.94. The van der Waals surface area contributed by atoms with Crippen LogP contribution in [0.2, 0.25) is 0 Å². The molecule has 1 amide bonds. The molecule has 0 saturated heterocycles. The van der Waals surface area contributed by atoms with E-state index in [0.717, 1.165) is 17.3 Å². The van der Waals surface area contributed by atoms with E-state index in [1.807, 2.05) is 6.92 Å². The van der Waals surface area contributed by atoms with Crippen LogP contribution in [-0.4, -0.2) is 32.7 Å². The Balaban J connectivity index is 2.02. The summed E-state index contributed by atoms with van der Waals surface area (Å²) in [6.45, 7) is 5.24. The molecule has 0 spiro atoms. The third-order valence-corrected chi connectivity index (χ3v) is 3.50. The number of nitrogens with one attached hydrogen (secondary N) is 1. The monoisotopic (exact) mass is 367 g/mol. The summed E-state index contributed by atoms with van der Waals surface area (Å²) >= 11 is 3.38. The lowest BCUT2D eigenvalue weighted by atomic mass is 10.2. The first-order valence-electron chi connectivity index (χ1n) is 7.15. The van der Waals surface area contributed by atoms with Crippen molar-refractivity contribution in [3.63, 3.8) is 0 Å². The minimum Gasteiger partial charge on any atom is -0.493 e. The van der Waals surface area contributed by atoms with Gasteiger partial charge in [-0.2, -0.15) is 4.80 Å². The topological polar surface area (TPSA) is 81.9 Å². The predicted octanol–water partition coefficient (Wildman–Crippen LogP) is 2.89. The smallest absolute Gasteiger partial charge is 0.270 e. The molecular weight excluding hydrogens is 350 g/mol. The number of ether oxygens (including phenoxy) is 1. The van der Waals surface area contributed by atoms with Crippen LogP contribution in [-0.2, 0) is 6.54 Å². The molecule has 118 valence electrons. The fourth-order valence-corrected chi connectivity index (χ4v) is 2.27. The van der Waals surface area contributed by atoms with Crippen molar-refractivity contribution in [2.75, 3.05) is 11.9 Å². The van der Waals surface area contributed by atoms with Crippen molar-refractivity contribution in [3.8, 4) is 5.75 Å². The predicted molar refractivity (Wildman–Crippen MR) is 86.0 cm³/mol. The second kappa shape index (κ2) is 7.88. The van der Waals surface area contributed by atoms with Crippen LogP contribution in [0, 0.1) is 0 Å². The molecule has 1 heterocycles. The van der Waals surface area contributed by atoms with E-state index in [1.165, 1.54) is 4.80 Å². The molecule has 1 N–H and O–H groups in total. The highest BCUT2D eigenvalue weighted by Crippen LogP contribution is 2.26. The molecule has 7 nitrogen and oxygen atoms in total. The van der Waals surface area contributed by atoms with Gasteiger partial charge in [-0.05, 0) is 52.7 Å². The zero-order valence-corrected chi connectivity index (χ0v) is 14.1. The second-order valence-electron chi connectivity index (χ2n) is 4.59. The summed E-state index contributed by atoms with van der Waals surface area (Å²) in [6.07, 6.45) is 2.01. The van der Waals surface area contributed by atoms with Crippen molar-refractivity contribution >= 4 is 27.8 Å². The van der Waals surface area contributed by atoms with E-state index in [0.29, 0.717) is 24.5 Å². The Bertz CT molecular complexity index is 644. The van der Waals surface area contributed by atoms with E-state index < -0.39 is 0 Å². The van der Waals surface area contributed by atoms with Gasteiger partial charge >= 0.3 is 0 Å².